The molecule has 0 bridgehead atoms. The van der Waals surface area contributed by atoms with Crippen LogP contribution in [0.5, 0.6) is 0 Å². The van der Waals surface area contributed by atoms with Gasteiger partial charge in [-0.05, 0) is 26.0 Å². The molecule has 7 heteroatoms. The molecular weight excluding hydrogens is 284 g/mol. The molecular formula is C15H18N4O3. The Kier molecular flexibility index (Phi) is 3.56. The van der Waals surface area contributed by atoms with Crippen LogP contribution in [0.3, 0.4) is 0 Å². The number of rotatable bonds is 2. The van der Waals surface area contributed by atoms with E-state index in [1.165, 1.54) is 11.1 Å². The van der Waals surface area contributed by atoms with Gasteiger partial charge in [-0.2, -0.15) is 0 Å². The second kappa shape index (κ2) is 5.40. The molecule has 0 saturated carbocycles. The minimum atomic E-state index is -0.565. The van der Waals surface area contributed by atoms with Gasteiger partial charge in [0.15, 0.2) is 0 Å². The largest absolute Gasteiger partial charge is 0.334 e. The quantitative estimate of drug-likeness (QED) is 0.749. The summed E-state index contributed by atoms with van der Waals surface area (Å²) in [7, 11) is 0. The summed E-state index contributed by atoms with van der Waals surface area (Å²) >= 11 is 0. The normalized spacial score (nSPS) is 21.6. The summed E-state index contributed by atoms with van der Waals surface area (Å²) in [6.07, 6.45) is 3.12. The monoisotopic (exact) mass is 302 g/mol. The van der Waals surface area contributed by atoms with E-state index in [-0.39, 0.29) is 30.4 Å². The van der Waals surface area contributed by atoms with E-state index in [9.17, 15) is 14.4 Å². The molecule has 4 amide bonds. The van der Waals surface area contributed by atoms with Gasteiger partial charge in [-0.25, -0.2) is 4.79 Å². The number of aromatic nitrogens is 1. The van der Waals surface area contributed by atoms with Crippen LogP contribution in [0.15, 0.2) is 24.5 Å². The van der Waals surface area contributed by atoms with Gasteiger partial charge in [0, 0.05) is 31.5 Å². The molecule has 0 aromatic carbocycles. The second-order valence-electron chi connectivity index (χ2n) is 5.79. The van der Waals surface area contributed by atoms with Crippen molar-refractivity contribution in [2.75, 3.05) is 19.6 Å². The van der Waals surface area contributed by atoms with E-state index in [1.807, 2.05) is 13.8 Å². The molecule has 0 radical (unpaired) electrons. The number of nitrogens with zero attached hydrogens (tertiary/aromatic N) is 4. The fourth-order valence-corrected chi connectivity index (χ4v) is 2.95. The first-order valence-electron chi connectivity index (χ1n) is 7.33. The summed E-state index contributed by atoms with van der Waals surface area (Å²) in [5, 5.41) is 0. The Morgan fingerprint density at radius 1 is 1.32 bits per heavy atom. The lowest BCUT2D eigenvalue weighted by molar-refractivity contribution is -0.130. The van der Waals surface area contributed by atoms with Crippen molar-refractivity contribution in [1.82, 2.24) is 19.7 Å². The van der Waals surface area contributed by atoms with E-state index in [0.717, 1.165) is 0 Å². The number of piperazine rings is 1. The lowest BCUT2D eigenvalue weighted by Gasteiger charge is -2.35. The topological polar surface area (TPSA) is 73.8 Å². The highest BCUT2D eigenvalue weighted by atomic mass is 16.2. The van der Waals surface area contributed by atoms with E-state index in [0.29, 0.717) is 18.7 Å². The standard InChI is InChI=1S/C15H18N4O3/c1-10(2)19-14(21)12-9-17(6-7-18(12)15(19)22)13(20)11-4-3-5-16-8-11/h3-5,8,10,12H,6-7,9H2,1-2H3/t12-/m0/s1. The van der Waals surface area contributed by atoms with Crippen LogP contribution in [0.2, 0.25) is 0 Å². The Labute approximate surface area is 128 Å². The van der Waals surface area contributed by atoms with Gasteiger partial charge in [0.2, 0.25) is 0 Å². The van der Waals surface area contributed by atoms with Crippen LogP contribution < -0.4 is 0 Å². The molecule has 3 heterocycles. The summed E-state index contributed by atoms with van der Waals surface area (Å²) in [6, 6.07) is 2.41. The lowest BCUT2D eigenvalue weighted by Crippen LogP contribution is -2.54. The number of carbonyl (C=O) groups is 3. The molecule has 0 N–H and O–H groups in total. The van der Waals surface area contributed by atoms with Gasteiger partial charge in [-0.3, -0.25) is 19.5 Å². The first-order valence-corrected chi connectivity index (χ1v) is 7.33. The molecule has 1 aromatic heterocycles. The highest BCUT2D eigenvalue weighted by molar-refractivity contribution is 6.05. The molecule has 0 unspecified atom stereocenters. The number of pyridine rings is 1. The average molecular weight is 302 g/mol. The van der Waals surface area contributed by atoms with Gasteiger partial charge in [0.25, 0.3) is 11.8 Å². The molecule has 2 fully saturated rings. The Bertz CT molecular complexity index is 616. The fourth-order valence-electron chi connectivity index (χ4n) is 2.95. The third-order valence-corrected chi connectivity index (χ3v) is 4.07. The van der Waals surface area contributed by atoms with Gasteiger partial charge in [0.05, 0.1) is 12.1 Å². The number of amides is 4. The third-order valence-electron chi connectivity index (χ3n) is 4.07. The highest BCUT2D eigenvalue weighted by Gasteiger charge is 2.49. The summed E-state index contributed by atoms with van der Waals surface area (Å²) in [5.41, 5.74) is 0.494. The van der Waals surface area contributed by atoms with Crippen LogP contribution >= 0.6 is 0 Å². The van der Waals surface area contributed by atoms with E-state index in [1.54, 1.807) is 28.1 Å². The number of imide groups is 1. The second-order valence-corrected chi connectivity index (χ2v) is 5.79. The van der Waals surface area contributed by atoms with E-state index >= 15 is 0 Å². The molecule has 1 aromatic rings. The maximum atomic E-state index is 12.4. The van der Waals surface area contributed by atoms with Crippen molar-refractivity contribution >= 4 is 17.8 Å². The number of carbonyl (C=O) groups excluding carboxylic acids is 3. The van der Waals surface area contributed by atoms with Gasteiger partial charge in [0.1, 0.15) is 6.04 Å². The maximum Gasteiger partial charge on any atom is 0.327 e. The Balaban J connectivity index is 1.78. The predicted molar refractivity (Wildman–Crippen MR) is 78.0 cm³/mol. The molecule has 3 rings (SSSR count). The molecule has 7 nitrogen and oxygen atoms in total. The zero-order valence-corrected chi connectivity index (χ0v) is 12.6. The van der Waals surface area contributed by atoms with Crippen LogP contribution in [0.4, 0.5) is 4.79 Å². The van der Waals surface area contributed by atoms with Crippen LogP contribution in [-0.2, 0) is 4.79 Å². The first-order chi connectivity index (χ1) is 10.5. The Hall–Kier alpha value is -2.44. The van der Waals surface area contributed by atoms with Gasteiger partial charge >= 0.3 is 6.03 Å². The summed E-state index contributed by atoms with van der Waals surface area (Å²) in [5.74, 6) is -0.375. The minimum Gasteiger partial charge on any atom is -0.334 e. The lowest BCUT2D eigenvalue weighted by atomic mass is 10.1. The van der Waals surface area contributed by atoms with E-state index in [2.05, 4.69) is 4.98 Å². The maximum absolute atomic E-state index is 12.4. The number of hydrogen-bond acceptors (Lipinski definition) is 4. The zero-order chi connectivity index (χ0) is 15.9. The SMILES string of the molecule is CC(C)N1C(=O)[C@@H]2CN(C(=O)c3cccnc3)CCN2C1=O. The zero-order valence-electron chi connectivity index (χ0n) is 12.6. The van der Waals surface area contributed by atoms with Gasteiger partial charge in [-0.1, -0.05) is 0 Å². The highest BCUT2D eigenvalue weighted by Crippen LogP contribution is 2.24. The van der Waals surface area contributed by atoms with Crippen LogP contribution in [-0.4, -0.2) is 69.2 Å². The Morgan fingerprint density at radius 2 is 2.09 bits per heavy atom. The molecule has 116 valence electrons. The van der Waals surface area contributed by atoms with Crippen molar-refractivity contribution < 1.29 is 14.4 Å². The molecule has 2 aliphatic heterocycles. The average Bonchev–Trinajstić information content (AvgIpc) is 2.78. The van der Waals surface area contributed by atoms with E-state index < -0.39 is 6.04 Å². The van der Waals surface area contributed by atoms with Crippen molar-refractivity contribution in [3.05, 3.63) is 30.1 Å². The molecule has 2 saturated heterocycles. The molecule has 22 heavy (non-hydrogen) atoms. The van der Waals surface area contributed by atoms with Crippen molar-refractivity contribution in [2.45, 2.75) is 25.9 Å². The van der Waals surface area contributed by atoms with Gasteiger partial charge in [-0.15, -0.1) is 0 Å². The van der Waals surface area contributed by atoms with Crippen LogP contribution in [0, 0.1) is 0 Å². The van der Waals surface area contributed by atoms with E-state index in [4.69, 9.17) is 0 Å². The summed E-state index contributed by atoms with van der Waals surface area (Å²) < 4.78 is 0. The molecule has 0 spiro atoms. The summed E-state index contributed by atoms with van der Waals surface area (Å²) in [6.45, 7) is 4.67. The Morgan fingerprint density at radius 3 is 2.73 bits per heavy atom. The van der Waals surface area contributed by atoms with Crippen LogP contribution in [0.1, 0.15) is 24.2 Å². The smallest absolute Gasteiger partial charge is 0.327 e. The number of urea groups is 1. The van der Waals surface area contributed by atoms with Crippen molar-refractivity contribution in [3.8, 4) is 0 Å². The van der Waals surface area contributed by atoms with Crippen molar-refractivity contribution in [3.63, 3.8) is 0 Å². The fraction of sp³-hybridized carbons (Fsp3) is 0.467. The van der Waals surface area contributed by atoms with Crippen molar-refractivity contribution in [2.24, 2.45) is 0 Å². The minimum absolute atomic E-state index is 0.156. The molecule has 2 aliphatic rings. The van der Waals surface area contributed by atoms with Gasteiger partial charge < -0.3 is 9.80 Å². The summed E-state index contributed by atoms with van der Waals surface area (Å²) in [4.78, 5) is 45.5. The molecule has 1 atom stereocenters. The van der Waals surface area contributed by atoms with Crippen molar-refractivity contribution in [1.29, 1.82) is 0 Å². The first kappa shape index (κ1) is 14.5. The third kappa shape index (κ3) is 2.22. The number of hydrogen-bond donors (Lipinski definition) is 0. The molecule has 0 aliphatic carbocycles. The number of fused-ring (bicyclic) bond motifs is 1. The predicted octanol–water partition coefficient (Wildman–Crippen LogP) is 0.579. The van der Waals surface area contributed by atoms with Crippen LogP contribution in [0.25, 0.3) is 0 Å².